The minimum atomic E-state index is -3.64. The van der Waals surface area contributed by atoms with Crippen LogP contribution in [0.1, 0.15) is 16.7 Å². The van der Waals surface area contributed by atoms with Crippen molar-refractivity contribution in [3.8, 4) is 0 Å². The summed E-state index contributed by atoms with van der Waals surface area (Å²) in [6, 6.07) is 8.78. The van der Waals surface area contributed by atoms with Gasteiger partial charge in [-0.15, -0.1) is 0 Å². The minimum Gasteiger partial charge on any atom is -0.324 e. The van der Waals surface area contributed by atoms with E-state index in [0.29, 0.717) is 20.9 Å². The van der Waals surface area contributed by atoms with Crippen LogP contribution in [0.4, 0.5) is 11.4 Å². The lowest BCUT2D eigenvalue weighted by Crippen LogP contribution is -2.38. The summed E-state index contributed by atoms with van der Waals surface area (Å²) in [6.07, 6.45) is 1.09. The third-order valence-corrected chi connectivity index (χ3v) is 6.12. The van der Waals surface area contributed by atoms with Crippen molar-refractivity contribution in [1.29, 1.82) is 0 Å². The lowest BCUT2D eigenvalue weighted by molar-refractivity contribution is -0.114. The van der Waals surface area contributed by atoms with E-state index >= 15 is 0 Å². The van der Waals surface area contributed by atoms with Gasteiger partial charge in [-0.2, -0.15) is 0 Å². The van der Waals surface area contributed by atoms with Crippen LogP contribution in [0.3, 0.4) is 0 Å². The van der Waals surface area contributed by atoms with Crippen molar-refractivity contribution < 1.29 is 13.2 Å². The maximum atomic E-state index is 12.5. The van der Waals surface area contributed by atoms with E-state index in [4.69, 9.17) is 11.6 Å². The van der Waals surface area contributed by atoms with Gasteiger partial charge in [0.05, 0.1) is 17.0 Å². The number of benzene rings is 2. The molecule has 0 fully saturated rings. The summed E-state index contributed by atoms with van der Waals surface area (Å²) in [5.41, 5.74) is 3.65. The average molecular weight is 460 g/mol. The molecule has 0 aliphatic carbocycles. The predicted octanol–water partition coefficient (Wildman–Crippen LogP) is 4.43. The second-order valence-corrected chi connectivity index (χ2v) is 9.36. The van der Waals surface area contributed by atoms with Gasteiger partial charge in [-0.05, 0) is 66.0 Å². The second kappa shape index (κ2) is 7.98. The van der Waals surface area contributed by atoms with E-state index in [0.717, 1.165) is 27.3 Å². The number of nitrogens with zero attached hydrogens (tertiary/aromatic N) is 1. The van der Waals surface area contributed by atoms with Crippen LogP contribution in [0.25, 0.3) is 0 Å². The molecule has 0 aliphatic rings. The summed E-state index contributed by atoms with van der Waals surface area (Å²) in [6.45, 7) is 5.29. The van der Waals surface area contributed by atoms with Crippen LogP contribution >= 0.6 is 27.5 Å². The predicted molar refractivity (Wildman–Crippen MR) is 111 cm³/mol. The molecule has 2 rings (SSSR count). The molecule has 8 heteroatoms. The van der Waals surface area contributed by atoms with E-state index in [2.05, 4.69) is 21.2 Å². The maximum Gasteiger partial charge on any atom is 0.245 e. The molecule has 1 amide bonds. The Morgan fingerprint density at radius 2 is 1.73 bits per heavy atom. The van der Waals surface area contributed by atoms with Gasteiger partial charge < -0.3 is 5.32 Å². The largest absolute Gasteiger partial charge is 0.324 e. The first-order chi connectivity index (χ1) is 12.0. The Morgan fingerprint density at radius 3 is 2.23 bits per heavy atom. The van der Waals surface area contributed by atoms with Crippen molar-refractivity contribution in [1.82, 2.24) is 0 Å². The van der Waals surface area contributed by atoms with E-state index in [1.165, 1.54) is 0 Å². The minimum absolute atomic E-state index is 0.322. The summed E-state index contributed by atoms with van der Waals surface area (Å²) < 4.78 is 26.5. The summed E-state index contributed by atoms with van der Waals surface area (Å²) in [5.74, 6) is -0.451. The number of amides is 1. The standard InChI is InChI=1S/C18H20BrClN2O3S/c1-11-7-12(2)18(13(3)8-11)22(26(4,24)25)10-17(23)21-14-5-6-15(19)16(20)9-14/h5-9H,10H2,1-4H3,(H,21,23). The van der Waals surface area contributed by atoms with Crippen molar-refractivity contribution in [2.45, 2.75) is 20.8 Å². The molecule has 26 heavy (non-hydrogen) atoms. The molecule has 1 N–H and O–H groups in total. The van der Waals surface area contributed by atoms with Crippen molar-refractivity contribution in [3.63, 3.8) is 0 Å². The van der Waals surface area contributed by atoms with Gasteiger partial charge in [0.2, 0.25) is 15.9 Å². The third kappa shape index (κ3) is 4.99. The molecule has 0 bridgehead atoms. The Kier molecular flexibility index (Phi) is 6.37. The zero-order valence-electron chi connectivity index (χ0n) is 14.9. The summed E-state index contributed by atoms with van der Waals surface area (Å²) in [5, 5.41) is 3.13. The fraction of sp³-hybridized carbons (Fsp3) is 0.278. The highest BCUT2D eigenvalue weighted by Crippen LogP contribution is 2.29. The molecule has 2 aromatic carbocycles. The fourth-order valence-corrected chi connectivity index (χ4v) is 4.23. The summed E-state index contributed by atoms with van der Waals surface area (Å²) in [7, 11) is -3.64. The summed E-state index contributed by atoms with van der Waals surface area (Å²) in [4.78, 5) is 12.5. The highest BCUT2D eigenvalue weighted by molar-refractivity contribution is 9.10. The van der Waals surface area contributed by atoms with Gasteiger partial charge in [0.25, 0.3) is 0 Å². The maximum absolute atomic E-state index is 12.5. The van der Waals surface area contributed by atoms with Crippen molar-refractivity contribution in [3.05, 3.63) is 56.5 Å². The Balaban J connectivity index is 2.32. The van der Waals surface area contributed by atoms with Crippen LogP contribution in [0.2, 0.25) is 5.02 Å². The average Bonchev–Trinajstić information content (AvgIpc) is 2.48. The van der Waals surface area contributed by atoms with Gasteiger partial charge in [0, 0.05) is 10.2 Å². The van der Waals surface area contributed by atoms with E-state index in [9.17, 15) is 13.2 Å². The van der Waals surface area contributed by atoms with E-state index < -0.39 is 15.9 Å². The number of sulfonamides is 1. The first-order valence-corrected chi connectivity index (χ1v) is 10.8. The Labute approximate surface area is 167 Å². The van der Waals surface area contributed by atoms with E-state index in [-0.39, 0.29) is 6.54 Å². The Hall–Kier alpha value is -1.57. The molecule has 140 valence electrons. The van der Waals surface area contributed by atoms with Crippen LogP contribution in [0.5, 0.6) is 0 Å². The molecule has 0 heterocycles. The van der Waals surface area contributed by atoms with Crippen LogP contribution in [0, 0.1) is 20.8 Å². The van der Waals surface area contributed by atoms with Gasteiger partial charge in [0.15, 0.2) is 0 Å². The number of halogens is 2. The quantitative estimate of drug-likeness (QED) is 0.719. The number of hydrogen-bond donors (Lipinski definition) is 1. The van der Waals surface area contributed by atoms with Crippen molar-refractivity contribution in [2.24, 2.45) is 0 Å². The number of rotatable bonds is 5. The Morgan fingerprint density at radius 1 is 1.15 bits per heavy atom. The molecule has 0 aromatic heterocycles. The highest BCUT2D eigenvalue weighted by Gasteiger charge is 2.24. The highest BCUT2D eigenvalue weighted by atomic mass is 79.9. The monoisotopic (exact) mass is 458 g/mol. The zero-order chi connectivity index (χ0) is 19.6. The van der Waals surface area contributed by atoms with E-state index in [1.807, 2.05) is 32.9 Å². The first kappa shape index (κ1) is 20.7. The van der Waals surface area contributed by atoms with Crippen molar-refractivity contribution >= 4 is 54.8 Å². The number of anilines is 2. The van der Waals surface area contributed by atoms with Gasteiger partial charge >= 0.3 is 0 Å². The molecular weight excluding hydrogens is 440 g/mol. The lowest BCUT2D eigenvalue weighted by Gasteiger charge is -2.26. The molecule has 0 atom stereocenters. The molecule has 0 aliphatic heterocycles. The number of hydrogen-bond acceptors (Lipinski definition) is 3. The van der Waals surface area contributed by atoms with E-state index in [1.54, 1.807) is 18.2 Å². The molecule has 0 unspecified atom stereocenters. The van der Waals surface area contributed by atoms with Crippen LogP contribution < -0.4 is 9.62 Å². The molecule has 0 saturated heterocycles. The molecule has 0 spiro atoms. The van der Waals surface area contributed by atoms with Crippen LogP contribution in [-0.4, -0.2) is 27.1 Å². The molecule has 0 saturated carbocycles. The summed E-state index contributed by atoms with van der Waals surface area (Å²) >= 11 is 9.31. The number of carbonyl (C=O) groups excluding carboxylic acids is 1. The molecular formula is C18H20BrClN2O3S. The van der Waals surface area contributed by atoms with Gasteiger partial charge in [-0.3, -0.25) is 9.10 Å². The number of nitrogens with one attached hydrogen (secondary N) is 1. The topological polar surface area (TPSA) is 66.5 Å². The number of aryl methyl sites for hydroxylation is 3. The van der Waals surface area contributed by atoms with Gasteiger partial charge in [0.1, 0.15) is 6.54 Å². The second-order valence-electron chi connectivity index (χ2n) is 6.19. The molecule has 2 aromatic rings. The van der Waals surface area contributed by atoms with Crippen LogP contribution in [-0.2, 0) is 14.8 Å². The molecule has 0 radical (unpaired) electrons. The molecule has 5 nitrogen and oxygen atoms in total. The van der Waals surface area contributed by atoms with Gasteiger partial charge in [-0.1, -0.05) is 29.3 Å². The smallest absolute Gasteiger partial charge is 0.245 e. The van der Waals surface area contributed by atoms with Crippen molar-refractivity contribution in [2.75, 3.05) is 22.4 Å². The fourth-order valence-electron chi connectivity index (χ4n) is 2.83. The Bertz CT molecular complexity index is 938. The van der Waals surface area contributed by atoms with Crippen LogP contribution in [0.15, 0.2) is 34.8 Å². The van der Waals surface area contributed by atoms with Gasteiger partial charge in [-0.25, -0.2) is 8.42 Å². The third-order valence-electron chi connectivity index (χ3n) is 3.78. The lowest BCUT2D eigenvalue weighted by atomic mass is 10.1. The SMILES string of the molecule is Cc1cc(C)c(N(CC(=O)Nc2ccc(Br)c(Cl)c2)S(C)(=O)=O)c(C)c1. The normalized spacial score (nSPS) is 11.3. The zero-order valence-corrected chi connectivity index (χ0v) is 18.1. The first-order valence-electron chi connectivity index (χ1n) is 7.79. The number of carbonyl (C=O) groups is 1.